The van der Waals surface area contributed by atoms with Crippen molar-refractivity contribution < 1.29 is 23.4 Å². The molecule has 4 heterocycles. The lowest BCUT2D eigenvalue weighted by atomic mass is 9.96. The van der Waals surface area contributed by atoms with Gasteiger partial charge >= 0.3 is 6.01 Å². The third-order valence-electron chi connectivity index (χ3n) is 6.83. The Labute approximate surface area is 217 Å². The first-order valence-corrected chi connectivity index (χ1v) is 12.2. The van der Waals surface area contributed by atoms with Gasteiger partial charge in [0.25, 0.3) is 6.47 Å². The molecular weight excluding hydrogens is 492 g/mol. The summed E-state index contributed by atoms with van der Waals surface area (Å²) in [6.45, 7) is 3.47. The predicted octanol–water partition coefficient (Wildman–Crippen LogP) is 4.14. The van der Waals surface area contributed by atoms with Gasteiger partial charge in [-0.15, -0.1) is 6.42 Å². The number of hydrogen-bond acceptors (Lipinski definition) is 7. The molecule has 38 heavy (non-hydrogen) atoms. The van der Waals surface area contributed by atoms with Crippen molar-refractivity contribution in [3.63, 3.8) is 0 Å². The Morgan fingerprint density at radius 1 is 1.21 bits per heavy atom. The minimum absolute atomic E-state index is 0.0534. The molecule has 0 spiro atoms. The number of hydrogen-bond donors (Lipinski definition) is 2. The van der Waals surface area contributed by atoms with E-state index in [9.17, 15) is 4.39 Å². The SMILES string of the molecule is C#Cc1c(F)ccc2cccc(-c3ncc4c(N5CC6CCC(C5)N6)nc(OCC)nc4c3F)c12.O=CO. The lowest BCUT2D eigenvalue weighted by Gasteiger charge is -2.34. The number of aromatic nitrogens is 3. The summed E-state index contributed by atoms with van der Waals surface area (Å²) in [6.07, 6.45) is 9.43. The van der Waals surface area contributed by atoms with Gasteiger partial charge in [0.1, 0.15) is 22.8 Å². The van der Waals surface area contributed by atoms with E-state index in [1.165, 1.54) is 6.07 Å². The summed E-state index contributed by atoms with van der Waals surface area (Å²) in [5.74, 6) is 1.87. The number of ether oxygens (including phenoxy) is 1. The van der Waals surface area contributed by atoms with E-state index in [-0.39, 0.29) is 29.3 Å². The van der Waals surface area contributed by atoms with Crippen LogP contribution in [0.5, 0.6) is 6.01 Å². The Hall–Kier alpha value is -4.36. The first-order valence-electron chi connectivity index (χ1n) is 12.2. The normalized spacial score (nSPS) is 18.1. The van der Waals surface area contributed by atoms with Crippen LogP contribution in [0.25, 0.3) is 32.9 Å². The molecule has 2 N–H and O–H groups in total. The lowest BCUT2D eigenvalue weighted by molar-refractivity contribution is -0.122. The van der Waals surface area contributed by atoms with Crippen LogP contribution in [0.3, 0.4) is 0 Å². The maximum atomic E-state index is 16.2. The number of carboxylic acid groups (broad SMARTS) is 1. The fourth-order valence-corrected chi connectivity index (χ4v) is 5.31. The van der Waals surface area contributed by atoms with Crippen molar-refractivity contribution in [2.75, 3.05) is 24.6 Å². The van der Waals surface area contributed by atoms with Crippen molar-refractivity contribution >= 4 is 34.0 Å². The van der Waals surface area contributed by atoms with Crippen LogP contribution < -0.4 is 15.0 Å². The third kappa shape index (κ3) is 4.46. The van der Waals surface area contributed by atoms with Crippen LogP contribution in [0.4, 0.5) is 14.6 Å². The van der Waals surface area contributed by atoms with E-state index in [4.69, 9.17) is 21.1 Å². The molecule has 194 valence electrons. The fraction of sp³-hybridized carbons (Fsp3) is 0.286. The molecule has 2 aliphatic heterocycles. The zero-order chi connectivity index (χ0) is 26.8. The number of halogens is 2. The third-order valence-corrected chi connectivity index (χ3v) is 6.83. The standard InChI is InChI=1S/C27H23F2N5O.CH2O2/c1-3-18-21(28)11-8-15-6-5-7-19(22(15)18)24-23(29)25-20(12-30-24)26(33-27(32-25)35-4-2)34-13-16-9-10-17(14-34)31-16;2-1-3/h1,5-8,11-12,16-17,31H,4,9-10,13-14H2,2H3;1H,(H,2,3). The van der Waals surface area contributed by atoms with E-state index in [2.05, 4.69) is 31.1 Å². The monoisotopic (exact) mass is 517 g/mol. The summed E-state index contributed by atoms with van der Waals surface area (Å²) in [6, 6.07) is 9.09. The quantitative estimate of drug-likeness (QED) is 0.308. The number of nitrogens with zero attached hydrogens (tertiary/aromatic N) is 4. The Balaban J connectivity index is 0.000000937. The highest BCUT2D eigenvalue weighted by Crippen LogP contribution is 2.37. The van der Waals surface area contributed by atoms with Gasteiger partial charge in [0.2, 0.25) is 0 Å². The second-order valence-electron chi connectivity index (χ2n) is 9.06. The van der Waals surface area contributed by atoms with Gasteiger partial charge in [0, 0.05) is 42.3 Å². The number of rotatable bonds is 4. The van der Waals surface area contributed by atoms with Gasteiger partial charge in [-0.1, -0.05) is 30.2 Å². The molecule has 2 bridgehead atoms. The Bertz CT molecular complexity index is 1560. The Morgan fingerprint density at radius 2 is 1.95 bits per heavy atom. The van der Waals surface area contributed by atoms with E-state index in [0.717, 1.165) is 25.9 Å². The fourth-order valence-electron chi connectivity index (χ4n) is 5.31. The number of nitrogens with one attached hydrogen (secondary N) is 1. The molecule has 2 aromatic carbocycles. The van der Waals surface area contributed by atoms with Gasteiger partial charge in [-0.2, -0.15) is 9.97 Å². The van der Waals surface area contributed by atoms with Gasteiger partial charge in [0.05, 0.1) is 17.6 Å². The van der Waals surface area contributed by atoms with Gasteiger partial charge in [-0.05, 0) is 31.2 Å². The second-order valence-corrected chi connectivity index (χ2v) is 9.06. The van der Waals surface area contributed by atoms with Crippen LogP contribution in [-0.4, -0.2) is 58.3 Å². The molecular formula is C28H25F2N5O3. The maximum absolute atomic E-state index is 16.2. The summed E-state index contributed by atoms with van der Waals surface area (Å²) < 4.78 is 36.3. The topological polar surface area (TPSA) is 100 Å². The number of benzene rings is 2. The zero-order valence-electron chi connectivity index (χ0n) is 20.6. The molecule has 2 atom stereocenters. The van der Waals surface area contributed by atoms with Crippen LogP contribution in [-0.2, 0) is 4.79 Å². The Kier molecular flexibility index (Phi) is 7.03. The van der Waals surface area contributed by atoms with Crippen molar-refractivity contribution in [1.29, 1.82) is 0 Å². The summed E-state index contributed by atoms with van der Waals surface area (Å²) in [7, 11) is 0. The smallest absolute Gasteiger partial charge is 0.319 e. The van der Waals surface area contributed by atoms with Gasteiger partial charge in [-0.3, -0.25) is 9.78 Å². The van der Waals surface area contributed by atoms with E-state index < -0.39 is 11.6 Å². The second kappa shape index (κ2) is 10.6. The van der Waals surface area contributed by atoms with Crippen LogP contribution in [0.15, 0.2) is 36.5 Å². The number of anilines is 1. The van der Waals surface area contributed by atoms with Gasteiger partial charge in [-0.25, -0.2) is 8.78 Å². The summed E-state index contributed by atoms with van der Waals surface area (Å²) in [4.78, 5) is 24.0. The van der Waals surface area contributed by atoms with E-state index in [1.54, 1.807) is 24.4 Å². The average Bonchev–Trinajstić information content (AvgIpc) is 3.26. The minimum atomic E-state index is -0.620. The van der Waals surface area contributed by atoms with Crippen molar-refractivity contribution in [1.82, 2.24) is 20.3 Å². The molecule has 0 aliphatic carbocycles. The predicted molar refractivity (Wildman–Crippen MR) is 140 cm³/mol. The van der Waals surface area contributed by atoms with Crippen molar-refractivity contribution in [3.05, 3.63) is 53.7 Å². The molecule has 2 saturated heterocycles. The summed E-state index contributed by atoms with van der Waals surface area (Å²) in [5.41, 5.74) is 0.657. The number of terminal acetylenes is 1. The number of carbonyl (C=O) groups is 1. The minimum Gasteiger partial charge on any atom is -0.483 e. The molecule has 0 amide bonds. The summed E-state index contributed by atoms with van der Waals surface area (Å²) >= 11 is 0. The molecule has 0 saturated carbocycles. The molecule has 0 radical (unpaired) electrons. The van der Waals surface area contributed by atoms with Crippen LogP contribution in [0.1, 0.15) is 25.3 Å². The van der Waals surface area contributed by atoms with Crippen LogP contribution in [0, 0.1) is 24.0 Å². The first kappa shape index (κ1) is 25.3. The number of piperazine rings is 1. The number of fused-ring (bicyclic) bond motifs is 4. The molecule has 6 rings (SSSR count). The van der Waals surface area contributed by atoms with E-state index in [0.29, 0.717) is 46.2 Å². The number of pyridine rings is 1. The van der Waals surface area contributed by atoms with Crippen LogP contribution in [0.2, 0.25) is 0 Å². The molecule has 8 nitrogen and oxygen atoms in total. The van der Waals surface area contributed by atoms with Gasteiger partial charge < -0.3 is 20.1 Å². The maximum Gasteiger partial charge on any atom is 0.319 e. The van der Waals surface area contributed by atoms with Crippen molar-refractivity contribution in [2.45, 2.75) is 31.8 Å². The molecule has 2 unspecified atom stereocenters. The van der Waals surface area contributed by atoms with Gasteiger partial charge in [0.15, 0.2) is 5.82 Å². The molecule has 2 aromatic heterocycles. The van der Waals surface area contributed by atoms with Crippen LogP contribution >= 0.6 is 0 Å². The Morgan fingerprint density at radius 3 is 2.63 bits per heavy atom. The highest BCUT2D eigenvalue weighted by atomic mass is 19.1. The van der Waals surface area contributed by atoms with Crippen molar-refractivity contribution in [3.8, 4) is 29.6 Å². The molecule has 2 aliphatic rings. The zero-order valence-corrected chi connectivity index (χ0v) is 20.6. The lowest BCUT2D eigenvalue weighted by Crippen LogP contribution is -2.51. The van der Waals surface area contributed by atoms with Crippen molar-refractivity contribution in [2.24, 2.45) is 0 Å². The average molecular weight is 518 g/mol. The highest BCUT2D eigenvalue weighted by molar-refractivity contribution is 6.02. The first-order chi connectivity index (χ1) is 18.5. The molecule has 4 aromatic rings. The molecule has 2 fully saturated rings. The summed E-state index contributed by atoms with van der Waals surface area (Å²) in [5, 5.41) is 12.1. The highest BCUT2D eigenvalue weighted by Gasteiger charge is 2.34. The molecule has 10 heteroatoms. The van der Waals surface area contributed by atoms with E-state index in [1.807, 2.05) is 13.0 Å². The van der Waals surface area contributed by atoms with E-state index >= 15 is 4.39 Å². The largest absolute Gasteiger partial charge is 0.483 e.